The van der Waals surface area contributed by atoms with Gasteiger partial charge in [0.05, 0.1) is 5.69 Å². The highest BCUT2D eigenvalue weighted by molar-refractivity contribution is 7.13. The lowest BCUT2D eigenvalue weighted by atomic mass is 10.1. The number of benzene rings is 1. The van der Waals surface area contributed by atoms with Gasteiger partial charge in [-0.25, -0.2) is 9.67 Å². The summed E-state index contributed by atoms with van der Waals surface area (Å²) in [7, 11) is 0. The van der Waals surface area contributed by atoms with Crippen molar-refractivity contribution >= 4 is 22.4 Å². The number of rotatable bonds is 3. The van der Waals surface area contributed by atoms with E-state index < -0.39 is 0 Å². The predicted octanol–water partition coefficient (Wildman–Crippen LogP) is 2.29. The Morgan fingerprint density at radius 3 is 2.67 bits per heavy atom. The number of aromatic nitrogens is 3. The maximum Gasteiger partial charge on any atom is 0.254 e. The van der Waals surface area contributed by atoms with Crippen molar-refractivity contribution in [2.45, 2.75) is 0 Å². The molecule has 1 aliphatic heterocycles. The Morgan fingerprint density at radius 2 is 1.96 bits per heavy atom. The van der Waals surface area contributed by atoms with Crippen LogP contribution in [0.25, 0.3) is 5.69 Å². The number of nitrogens with zero attached hydrogens (tertiary/aromatic N) is 5. The second kappa shape index (κ2) is 6.45. The Balaban J connectivity index is 1.46. The summed E-state index contributed by atoms with van der Waals surface area (Å²) < 4.78 is 1.76. The van der Waals surface area contributed by atoms with Gasteiger partial charge < -0.3 is 9.80 Å². The van der Waals surface area contributed by atoms with Crippen molar-refractivity contribution in [2.75, 3.05) is 31.1 Å². The molecular formula is C17H17N5OS. The predicted molar refractivity (Wildman–Crippen MR) is 93.8 cm³/mol. The second-order valence-electron chi connectivity index (χ2n) is 5.59. The molecule has 0 radical (unpaired) electrons. The molecule has 2 aromatic heterocycles. The molecule has 0 N–H and O–H groups in total. The van der Waals surface area contributed by atoms with E-state index in [-0.39, 0.29) is 5.91 Å². The molecule has 7 heteroatoms. The average molecular weight is 339 g/mol. The van der Waals surface area contributed by atoms with Crippen molar-refractivity contribution in [2.24, 2.45) is 0 Å². The molecule has 24 heavy (non-hydrogen) atoms. The van der Waals surface area contributed by atoms with Crippen LogP contribution in [0.15, 0.2) is 54.3 Å². The molecule has 1 saturated heterocycles. The second-order valence-corrected chi connectivity index (χ2v) is 6.47. The van der Waals surface area contributed by atoms with Crippen LogP contribution in [0.5, 0.6) is 0 Å². The Morgan fingerprint density at radius 1 is 1.08 bits per heavy atom. The Hall–Kier alpha value is -2.67. The highest BCUT2D eigenvalue weighted by atomic mass is 32.1. The zero-order valence-corrected chi connectivity index (χ0v) is 13.9. The maximum atomic E-state index is 12.8. The van der Waals surface area contributed by atoms with Crippen LogP contribution in [0, 0.1) is 0 Å². The van der Waals surface area contributed by atoms with E-state index in [0.717, 1.165) is 23.9 Å². The largest absolute Gasteiger partial charge is 0.345 e. The summed E-state index contributed by atoms with van der Waals surface area (Å²) in [6.45, 7) is 3.06. The number of hydrogen-bond acceptors (Lipinski definition) is 5. The molecule has 1 aliphatic rings. The van der Waals surface area contributed by atoms with Crippen LogP contribution >= 0.6 is 11.3 Å². The van der Waals surface area contributed by atoms with Crippen molar-refractivity contribution in [3.05, 3.63) is 59.9 Å². The first-order chi connectivity index (χ1) is 11.8. The molecule has 4 rings (SSSR count). The number of amides is 1. The maximum absolute atomic E-state index is 12.8. The van der Waals surface area contributed by atoms with Gasteiger partial charge >= 0.3 is 0 Å². The Labute approximate surface area is 144 Å². The van der Waals surface area contributed by atoms with Crippen LogP contribution in [0.2, 0.25) is 0 Å². The fourth-order valence-corrected chi connectivity index (χ4v) is 3.56. The Kier molecular flexibility index (Phi) is 4.00. The highest BCUT2D eigenvalue weighted by Gasteiger charge is 2.23. The first kappa shape index (κ1) is 14.9. The van der Waals surface area contributed by atoms with Crippen LogP contribution in [0.4, 0.5) is 5.13 Å². The molecule has 1 fully saturated rings. The summed E-state index contributed by atoms with van der Waals surface area (Å²) in [6, 6.07) is 9.47. The standard InChI is InChI=1S/C17H17N5OS/c23-16(14-3-1-4-15(13-14)22-7-2-5-19-22)20-8-10-21(11-9-20)17-18-6-12-24-17/h1-7,12-13H,8-11H2. The number of carbonyl (C=O) groups is 1. The average Bonchev–Trinajstić information content (AvgIpc) is 3.35. The molecule has 0 spiro atoms. The number of carbonyl (C=O) groups excluding carboxylic acids is 1. The normalized spacial score (nSPS) is 14.8. The highest BCUT2D eigenvalue weighted by Crippen LogP contribution is 2.20. The van der Waals surface area contributed by atoms with E-state index in [0.29, 0.717) is 18.7 Å². The van der Waals surface area contributed by atoms with Crippen LogP contribution in [0.3, 0.4) is 0 Å². The molecule has 0 saturated carbocycles. The minimum Gasteiger partial charge on any atom is -0.345 e. The zero-order chi connectivity index (χ0) is 16.4. The van der Waals surface area contributed by atoms with Crippen LogP contribution in [0.1, 0.15) is 10.4 Å². The third-order valence-corrected chi connectivity index (χ3v) is 4.95. The molecule has 1 amide bonds. The van der Waals surface area contributed by atoms with Gasteiger partial charge in [-0.3, -0.25) is 4.79 Å². The quantitative estimate of drug-likeness (QED) is 0.735. The fourth-order valence-electron chi connectivity index (χ4n) is 2.86. The first-order valence-corrected chi connectivity index (χ1v) is 8.73. The Bertz CT molecular complexity index is 807. The molecule has 0 bridgehead atoms. The first-order valence-electron chi connectivity index (χ1n) is 7.85. The lowest BCUT2D eigenvalue weighted by Crippen LogP contribution is -2.48. The summed E-state index contributed by atoms with van der Waals surface area (Å²) >= 11 is 1.64. The molecule has 1 aromatic carbocycles. The van der Waals surface area contributed by atoms with E-state index in [1.165, 1.54) is 0 Å². The van der Waals surface area contributed by atoms with E-state index in [4.69, 9.17) is 0 Å². The van der Waals surface area contributed by atoms with E-state index in [1.807, 2.05) is 53.0 Å². The molecule has 6 nitrogen and oxygen atoms in total. The van der Waals surface area contributed by atoms with Gasteiger partial charge in [0.25, 0.3) is 5.91 Å². The summed E-state index contributed by atoms with van der Waals surface area (Å²) in [5.41, 5.74) is 1.60. The molecular weight excluding hydrogens is 322 g/mol. The lowest BCUT2D eigenvalue weighted by Gasteiger charge is -2.34. The van der Waals surface area contributed by atoms with Gasteiger partial charge in [0.2, 0.25) is 0 Å². The summed E-state index contributed by atoms with van der Waals surface area (Å²) in [4.78, 5) is 21.3. The molecule has 122 valence electrons. The van der Waals surface area contributed by atoms with Crippen molar-refractivity contribution in [3.8, 4) is 5.69 Å². The number of piperazine rings is 1. The van der Waals surface area contributed by atoms with E-state index in [2.05, 4.69) is 15.0 Å². The fraction of sp³-hybridized carbons (Fsp3) is 0.235. The van der Waals surface area contributed by atoms with Gasteiger partial charge in [-0.15, -0.1) is 11.3 Å². The SMILES string of the molecule is O=C(c1cccc(-n2cccn2)c1)N1CCN(c2nccs2)CC1. The monoisotopic (exact) mass is 339 g/mol. The lowest BCUT2D eigenvalue weighted by molar-refractivity contribution is 0.0746. The van der Waals surface area contributed by atoms with E-state index in [9.17, 15) is 4.79 Å². The van der Waals surface area contributed by atoms with Crippen molar-refractivity contribution in [1.29, 1.82) is 0 Å². The van der Waals surface area contributed by atoms with Crippen LogP contribution in [-0.4, -0.2) is 51.8 Å². The number of anilines is 1. The smallest absolute Gasteiger partial charge is 0.254 e. The zero-order valence-electron chi connectivity index (χ0n) is 13.1. The van der Waals surface area contributed by atoms with E-state index in [1.54, 1.807) is 22.2 Å². The molecule has 0 aliphatic carbocycles. The van der Waals surface area contributed by atoms with Gasteiger partial charge in [0.1, 0.15) is 0 Å². The van der Waals surface area contributed by atoms with Gasteiger partial charge in [-0.1, -0.05) is 6.07 Å². The van der Waals surface area contributed by atoms with Crippen LogP contribution < -0.4 is 4.90 Å². The van der Waals surface area contributed by atoms with Gasteiger partial charge in [0.15, 0.2) is 5.13 Å². The molecule has 3 aromatic rings. The number of hydrogen-bond donors (Lipinski definition) is 0. The third kappa shape index (κ3) is 2.90. The minimum absolute atomic E-state index is 0.0720. The van der Waals surface area contributed by atoms with Gasteiger partial charge in [-0.2, -0.15) is 5.10 Å². The topological polar surface area (TPSA) is 54.3 Å². The van der Waals surface area contributed by atoms with Gasteiger partial charge in [0, 0.05) is 55.7 Å². The molecule has 0 atom stereocenters. The third-order valence-electron chi connectivity index (χ3n) is 4.12. The van der Waals surface area contributed by atoms with Crippen LogP contribution in [-0.2, 0) is 0 Å². The summed E-state index contributed by atoms with van der Waals surface area (Å²) in [5, 5.41) is 7.23. The van der Waals surface area contributed by atoms with Crippen molar-refractivity contribution < 1.29 is 4.79 Å². The summed E-state index contributed by atoms with van der Waals surface area (Å²) in [6.07, 6.45) is 5.42. The number of thiazole rings is 1. The van der Waals surface area contributed by atoms with Crippen molar-refractivity contribution in [1.82, 2.24) is 19.7 Å². The van der Waals surface area contributed by atoms with E-state index >= 15 is 0 Å². The van der Waals surface area contributed by atoms with Crippen molar-refractivity contribution in [3.63, 3.8) is 0 Å². The minimum atomic E-state index is 0.0720. The molecule has 3 heterocycles. The molecule has 0 unspecified atom stereocenters. The van der Waals surface area contributed by atoms with Gasteiger partial charge in [-0.05, 0) is 24.3 Å². The summed E-state index contributed by atoms with van der Waals surface area (Å²) in [5.74, 6) is 0.0720.